The summed E-state index contributed by atoms with van der Waals surface area (Å²) in [6, 6.07) is 0.297. The molecule has 1 saturated carbocycles. The maximum Gasteiger partial charge on any atom is 0.262 e. The van der Waals surface area contributed by atoms with Crippen LogP contribution in [0.15, 0.2) is 9.95 Å². The first-order valence-corrected chi connectivity index (χ1v) is 10.6. The second-order valence-electron chi connectivity index (χ2n) is 7.03. The van der Waals surface area contributed by atoms with Crippen LogP contribution in [0.3, 0.4) is 0 Å². The summed E-state index contributed by atoms with van der Waals surface area (Å²) in [5, 5.41) is 4.43. The molecule has 7 heteroatoms. The zero-order valence-corrected chi connectivity index (χ0v) is 16.9. The molecule has 3 rings (SSSR count). The molecule has 1 fully saturated rings. The molecule has 136 valence electrons. The lowest BCUT2D eigenvalue weighted by Gasteiger charge is -2.26. The third kappa shape index (κ3) is 3.92. The van der Waals surface area contributed by atoms with E-state index in [1.807, 2.05) is 13.8 Å². The maximum atomic E-state index is 12.6. The molecule has 0 saturated heterocycles. The van der Waals surface area contributed by atoms with Gasteiger partial charge in [-0.05, 0) is 51.0 Å². The van der Waals surface area contributed by atoms with Crippen molar-refractivity contribution >= 4 is 39.2 Å². The van der Waals surface area contributed by atoms with E-state index in [2.05, 4.69) is 17.2 Å². The number of aryl methyl sites for hydroxylation is 2. The van der Waals surface area contributed by atoms with E-state index in [1.165, 1.54) is 24.6 Å². The zero-order chi connectivity index (χ0) is 18.1. The van der Waals surface area contributed by atoms with Crippen molar-refractivity contribution in [2.24, 2.45) is 13.0 Å². The summed E-state index contributed by atoms with van der Waals surface area (Å²) in [5.74, 6) is 1.09. The second kappa shape index (κ2) is 7.50. The molecule has 1 N–H and O–H groups in total. The first-order chi connectivity index (χ1) is 11.9. The molecule has 5 nitrogen and oxygen atoms in total. The van der Waals surface area contributed by atoms with Gasteiger partial charge in [-0.15, -0.1) is 11.3 Å². The largest absolute Gasteiger partial charge is 0.353 e. The van der Waals surface area contributed by atoms with Crippen molar-refractivity contribution in [1.82, 2.24) is 14.9 Å². The molecule has 0 unspecified atom stereocenters. The van der Waals surface area contributed by atoms with Gasteiger partial charge < -0.3 is 5.32 Å². The Morgan fingerprint density at radius 1 is 1.32 bits per heavy atom. The highest BCUT2D eigenvalue weighted by molar-refractivity contribution is 7.99. The van der Waals surface area contributed by atoms with Crippen LogP contribution >= 0.6 is 23.1 Å². The van der Waals surface area contributed by atoms with Crippen molar-refractivity contribution in [3.05, 3.63) is 20.8 Å². The summed E-state index contributed by atoms with van der Waals surface area (Å²) in [6.45, 7) is 6.24. The molecule has 0 radical (unpaired) electrons. The van der Waals surface area contributed by atoms with Gasteiger partial charge in [0, 0.05) is 18.0 Å². The van der Waals surface area contributed by atoms with E-state index in [4.69, 9.17) is 0 Å². The average molecular weight is 380 g/mol. The molecule has 0 aliphatic heterocycles. The quantitative estimate of drug-likeness (QED) is 0.653. The summed E-state index contributed by atoms with van der Waals surface area (Å²) in [4.78, 5) is 31.3. The highest BCUT2D eigenvalue weighted by atomic mass is 32.2. The number of carbonyl (C=O) groups excluding carboxylic acids is 1. The number of fused-ring (bicyclic) bond motifs is 1. The monoisotopic (exact) mass is 379 g/mol. The van der Waals surface area contributed by atoms with Crippen molar-refractivity contribution in [3.63, 3.8) is 0 Å². The van der Waals surface area contributed by atoms with Crippen LogP contribution < -0.4 is 10.9 Å². The predicted molar refractivity (Wildman–Crippen MR) is 105 cm³/mol. The normalized spacial score (nSPS) is 20.8. The van der Waals surface area contributed by atoms with E-state index < -0.39 is 0 Å². The van der Waals surface area contributed by atoms with Crippen LogP contribution in [0, 0.1) is 19.8 Å². The Bertz CT molecular complexity index is 848. The van der Waals surface area contributed by atoms with Crippen LogP contribution in [-0.2, 0) is 11.8 Å². The molecule has 0 spiro atoms. The van der Waals surface area contributed by atoms with E-state index in [1.54, 1.807) is 23.0 Å². The van der Waals surface area contributed by atoms with Crippen LogP contribution in [0.2, 0.25) is 0 Å². The molecular weight excluding hydrogens is 354 g/mol. The summed E-state index contributed by atoms with van der Waals surface area (Å²) in [7, 11) is 1.73. The van der Waals surface area contributed by atoms with Crippen LogP contribution in [0.5, 0.6) is 0 Å². The van der Waals surface area contributed by atoms with Gasteiger partial charge >= 0.3 is 0 Å². The van der Waals surface area contributed by atoms with Gasteiger partial charge in [0.15, 0.2) is 5.16 Å². The molecule has 1 aliphatic carbocycles. The fourth-order valence-electron chi connectivity index (χ4n) is 3.29. The van der Waals surface area contributed by atoms with Crippen molar-refractivity contribution in [2.45, 2.75) is 57.7 Å². The molecule has 0 aromatic carbocycles. The molecule has 0 atom stereocenters. The molecule has 2 aromatic rings. The Labute approximate surface area is 156 Å². The number of hydrogen-bond acceptors (Lipinski definition) is 5. The molecule has 2 heterocycles. The van der Waals surface area contributed by atoms with Gasteiger partial charge in [0.1, 0.15) is 4.83 Å². The van der Waals surface area contributed by atoms with Crippen molar-refractivity contribution in [1.29, 1.82) is 0 Å². The Morgan fingerprint density at radius 2 is 2.00 bits per heavy atom. The number of carbonyl (C=O) groups is 1. The lowest BCUT2D eigenvalue weighted by Crippen LogP contribution is -2.38. The highest BCUT2D eigenvalue weighted by Crippen LogP contribution is 2.28. The van der Waals surface area contributed by atoms with Gasteiger partial charge in [-0.3, -0.25) is 14.2 Å². The minimum atomic E-state index is -0.0315. The van der Waals surface area contributed by atoms with Gasteiger partial charge in [-0.1, -0.05) is 18.7 Å². The van der Waals surface area contributed by atoms with E-state index in [9.17, 15) is 9.59 Å². The maximum absolute atomic E-state index is 12.6. The van der Waals surface area contributed by atoms with E-state index in [0.29, 0.717) is 22.3 Å². The minimum Gasteiger partial charge on any atom is -0.353 e. The van der Waals surface area contributed by atoms with Crippen LogP contribution in [-0.4, -0.2) is 27.3 Å². The molecule has 1 amide bonds. The fourth-order valence-corrected chi connectivity index (χ4v) is 5.14. The first kappa shape index (κ1) is 18.5. The molecule has 25 heavy (non-hydrogen) atoms. The summed E-state index contributed by atoms with van der Waals surface area (Å²) in [5.41, 5.74) is 0.977. The topological polar surface area (TPSA) is 64.0 Å². The first-order valence-electron chi connectivity index (χ1n) is 8.75. The number of nitrogens with one attached hydrogen (secondary N) is 1. The molecular formula is C18H25N3O2S2. The Morgan fingerprint density at radius 3 is 2.68 bits per heavy atom. The van der Waals surface area contributed by atoms with Crippen LogP contribution in [0.25, 0.3) is 10.2 Å². The Kier molecular flexibility index (Phi) is 5.53. The van der Waals surface area contributed by atoms with Gasteiger partial charge in [0.2, 0.25) is 5.91 Å². The van der Waals surface area contributed by atoms with Gasteiger partial charge in [0.05, 0.1) is 11.1 Å². The number of thiophene rings is 1. The summed E-state index contributed by atoms with van der Waals surface area (Å²) >= 11 is 2.88. The molecule has 0 bridgehead atoms. The highest BCUT2D eigenvalue weighted by Gasteiger charge is 2.20. The smallest absolute Gasteiger partial charge is 0.262 e. The lowest BCUT2D eigenvalue weighted by atomic mass is 9.87. The predicted octanol–water partition coefficient (Wildman–Crippen LogP) is 3.40. The SMILES string of the molecule is Cc1sc2nc(SCC(=O)NC3CCC(C)CC3)n(C)c(=O)c2c1C. The van der Waals surface area contributed by atoms with Crippen molar-refractivity contribution < 1.29 is 4.79 Å². The lowest BCUT2D eigenvalue weighted by molar-refractivity contribution is -0.119. The van der Waals surface area contributed by atoms with E-state index in [0.717, 1.165) is 34.0 Å². The van der Waals surface area contributed by atoms with E-state index >= 15 is 0 Å². The number of hydrogen-bond donors (Lipinski definition) is 1. The molecule has 2 aromatic heterocycles. The fraction of sp³-hybridized carbons (Fsp3) is 0.611. The van der Waals surface area contributed by atoms with Crippen LogP contribution in [0.4, 0.5) is 0 Å². The van der Waals surface area contributed by atoms with Crippen molar-refractivity contribution in [2.75, 3.05) is 5.75 Å². The number of aromatic nitrogens is 2. The van der Waals surface area contributed by atoms with Gasteiger partial charge in [-0.2, -0.15) is 0 Å². The third-order valence-electron chi connectivity index (χ3n) is 5.08. The number of rotatable bonds is 4. The number of nitrogens with zero attached hydrogens (tertiary/aromatic N) is 2. The number of amides is 1. The Hall–Kier alpha value is -1.34. The minimum absolute atomic E-state index is 0.0254. The summed E-state index contributed by atoms with van der Waals surface area (Å²) < 4.78 is 1.56. The van der Waals surface area contributed by atoms with E-state index in [-0.39, 0.29) is 11.5 Å². The van der Waals surface area contributed by atoms with Crippen molar-refractivity contribution in [3.8, 4) is 0 Å². The Balaban J connectivity index is 1.68. The second-order valence-corrected chi connectivity index (χ2v) is 9.18. The average Bonchev–Trinajstić information content (AvgIpc) is 2.86. The van der Waals surface area contributed by atoms with Crippen LogP contribution in [0.1, 0.15) is 43.0 Å². The number of thioether (sulfide) groups is 1. The van der Waals surface area contributed by atoms with Gasteiger partial charge in [0.25, 0.3) is 5.56 Å². The third-order valence-corrected chi connectivity index (χ3v) is 7.21. The standard InChI is InChI=1S/C18H25N3O2S2/c1-10-5-7-13(8-6-10)19-14(22)9-24-18-20-16-15(17(23)21(18)4)11(2)12(3)25-16/h10,13H,5-9H2,1-4H3,(H,19,22). The van der Waals surface area contributed by atoms with Gasteiger partial charge in [-0.25, -0.2) is 4.98 Å². The zero-order valence-electron chi connectivity index (χ0n) is 15.2. The molecule has 1 aliphatic rings. The summed E-state index contributed by atoms with van der Waals surface area (Å²) in [6.07, 6.45) is 4.49.